The molecule has 0 amide bonds. The third kappa shape index (κ3) is 19.6. The molecule has 0 aromatic rings. The van der Waals surface area contributed by atoms with Crippen LogP contribution in [0.5, 0.6) is 0 Å². The van der Waals surface area contributed by atoms with Gasteiger partial charge in [-0.2, -0.15) is 0 Å². The van der Waals surface area contributed by atoms with E-state index in [0.29, 0.717) is 0 Å². The second kappa shape index (κ2) is 28.4. The number of hydrogen-bond acceptors (Lipinski definition) is 0. The molecular formula is BiCoFeMnNi. The van der Waals surface area contributed by atoms with E-state index in [9.17, 15) is 0 Å². The molecule has 0 saturated heterocycles. The Hall–Kier alpha value is 2.92. The van der Waals surface area contributed by atoms with Crippen LogP contribution < -0.4 is 0 Å². The standard InChI is InChI=1S/Bi.Co.Fe.Mn.Ni. The van der Waals surface area contributed by atoms with Gasteiger partial charge in [0.05, 0.1) is 0 Å². The van der Waals surface area contributed by atoms with Gasteiger partial charge in [-0.1, -0.05) is 0 Å². The minimum atomic E-state index is 0. The predicted molar refractivity (Wildman–Crippen MR) is 5.75 cm³/mol. The summed E-state index contributed by atoms with van der Waals surface area (Å²) >= 11 is 0. The summed E-state index contributed by atoms with van der Waals surface area (Å²) in [4.78, 5) is 0. The molecule has 0 unspecified atom stereocenters. The molecule has 0 fully saturated rings. The van der Waals surface area contributed by atoms with E-state index in [1.165, 1.54) is 0 Å². The molecule has 0 nitrogen and oxygen atoms in total. The fourth-order valence-electron chi connectivity index (χ4n) is 0. The molecule has 0 saturated carbocycles. The van der Waals surface area contributed by atoms with Crippen molar-refractivity contribution in [3.05, 3.63) is 0 Å². The second-order valence-electron chi connectivity index (χ2n) is 0. The van der Waals surface area contributed by atoms with Crippen LogP contribution in [0.3, 0.4) is 0 Å². The average molecular weight is 437 g/mol. The van der Waals surface area contributed by atoms with E-state index in [4.69, 9.17) is 0 Å². The molecule has 0 N–H and O–H groups in total. The minimum absolute atomic E-state index is 0. The number of rotatable bonds is 0. The smallest absolute Gasteiger partial charge is 0 e. The van der Waals surface area contributed by atoms with Gasteiger partial charge in [0.15, 0.2) is 0 Å². The third-order valence-corrected chi connectivity index (χ3v) is 0. The zero-order valence-corrected chi connectivity index (χ0v) is 9.62. The van der Waals surface area contributed by atoms with Crippen molar-refractivity contribution in [1.82, 2.24) is 0 Å². The Bertz CT molecular complexity index is 11.6. The van der Waals surface area contributed by atoms with Crippen molar-refractivity contribution in [3.63, 3.8) is 0 Å². The van der Waals surface area contributed by atoms with Gasteiger partial charge in [-0.15, -0.1) is 0 Å². The Balaban J connectivity index is 0. The average Bonchev–Trinajstić information content (AvgIpc) is 0. The fraction of sp³-hybridized carbons (Fsp3) is 0. The quantitative estimate of drug-likeness (QED) is 0.453. The van der Waals surface area contributed by atoms with Crippen molar-refractivity contribution in [1.29, 1.82) is 0 Å². The first kappa shape index (κ1) is 44.5. The van der Waals surface area contributed by atoms with Crippen LogP contribution in [0.25, 0.3) is 0 Å². The zero-order chi connectivity index (χ0) is 0. The van der Waals surface area contributed by atoms with Gasteiger partial charge in [0, 0.05) is 93.6 Å². The zero-order valence-electron chi connectivity index (χ0n) is 1.83. The molecule has 0 aromatic carbocycles. The summed E-state index contributed by atoms with van der Waals surface area (Å²) in [6, 6.07) is 0. The molecule has 5 heteroatoms. The first-order valence-corrected chi connectivity index (χ1v) is 0. The fourth-order valence-corrected chi connectivity index (χ4v) is 0. The summed E-state index contributed by atoms with van der Waals surface area (Å²) in [5.74, 6) is 0. The number of hydrogen-bond donors (Lipinski definition) is 0. The maximum Gasteiger partial charge on any atom is 0 e. The topological polar surface area (TPSA) is 0 Å². The van der Waals surface area contributed by atoms with Crippen LogP contribution in [0.2, 0.25) is 0 Å². The van der Waals surface area contributed by atoms with Crippen molar-refractivity contribution >= 4 is 26.2 Å². The van der Waals surface area contributed by atoms with Crippen LogP contribution in [-0.4, -0.2) is 26.2 Å². The van der Waals surface area contributed by atoms with Gasteiger partial charge in [0.2, 0.25) is 0 Å². The van der Waals surface area contributed by atoms with E-state index < -0.39 is 0 Å². The van der Waals surface area contributed by atoms with Gasteiger partial charge < -0.3 is 0 Å². The Morgan fingerprint density at radius 1 is 1.00 bits per heavy atom. The van der Waals surface area contributed by atoms with E-state index >= 15 is 0 Å². The molecule has 0 rings (SSSR count). The SMILES string of the molecule is [Bi].[Co].[Fe].[Mn].[Ni]. The molecule has 5 heavy (non-hydrogen) atoms. The molecule has 0 aliphatic carbocycles. The predicted octanol–water partition coefficient (Wildman–Crippen LogP) is -0.391. The first-order chi connectivity index (χ1) is 0. The van der Waals surface area contributed by atoms with E-state index in [1.54, 1.807) is 0 Å². The maximum atomic E-state index is 0. The summed E-state index contributed by atoms with van der Waals surface area (Å²) in [6.07, 6.45) is 0. The molecule has 0 aromatic heterocycles. The van der Waals surface area contributed by atoms with Crippen molar-refractivity contribution < 1.29 is 67.4 Å². The summed E-state index contributed by atoms with van der Waals surface area (Å²) in [7, 11) is 0. The van der Waals surface area contributed by atoms with Gasteiger partial charge in [0.1, 0.15) is 0 Å². The molecule has 5 radical (unpaired) electrons. The van der Waals surface area contributed by atoms with Crippen LogP contribution >= 0.6 is 0 Å². The molecule has 0 spiro atoms. The van der Waals surface area contributed by atoms with Gasteiger partial charge in [-0.3, -0.25) is 0 Å². The Labute approximate surface area is 92.2 Å². The normalized spacial score (nSPS) is 0. The van der Waals surface area contributed by atoms with Gasteiger partial charge in [-0.05, 0) is 0 Å². The first-order valence-electron chi connectivity index (χ1n) is 0. The molecule has 39 valence electrons. The van der Waals surface area contributed by atoms with E-state index in [1.807, 2.05) is 0 Å². The van der Waals surface area contributed by atoms with Gasteiger partial charge in [0.25, 0.3) is 0 Å². The van der Waals surface area contributed by atoms with E-state index in [0.717, 1.165) is 0 Å². The van der Waals surface area contributed by atoms with Crippen molar-refractivity contribution in [3.8, 4) is 0 Å². The third-order valence-electron chi connectivity index (χ3n) is 0. The minimum Gasteiger partial charge on any atom is 0 e. The van der Waals surface area contributed by atoms with Crippen LogP contribution in [0.15, 0.2) is 0 Å². The largest absolute Gasteiger partial charge is 0 e. The van der Waals surface area contributed by atoms with Crippen molar-refractivity contribution in [2.75, 3.05) is 0 Å². The Morgan fingerprint density at radius 3 is 1.00 bits per heavy atom. The van der Waals surface area contributed by atoms with E-state index in [2.05, 4.69) is 0 Å². The van der Waals surface area contributed by atoms with Gasteiger partial charge >= 0.3 is 0 Å². The van der Waals surface area contributed by atoms with Gasteiger partial charge in [-0.25, -0.2) is 0 Å². The Morgan fingerprint density at radius 2 is 1.00 bits per heavy atom. The molecule has 0 aliphatic rings. The molecule has 0 aliphatic heterocycles. The van der Waals surface area contributed by atoms with Crippen molar-refractivity contribution in [2.24, 2.45) is 0 Å². The molecule has 0 bridgehead atoms. The molecule has 0 atom stereocenters. The molecule has 0 heterocycles. The second-order valence-corrected chi connectivity index (χ2v) is 0. The summed E-state index contributed by atoms with van der Waals surface area (Å²) in [5, 5.41) is 0. The Kier molecular flexibility index (Phi) is 253. The summed E-state index contributed by atoms with van der Waals surface area (Å²) in [6.45, 7) is 0. The maximum absolute atomic E-state index is 0. The van der Waals surface area contributed by atoms with Crippen LogP contribution in [0.4, 0.5) is 0 Å². The van der Waals surface area contributed by atoms with Crippen LogP contribution in [0, 0.1) is 0 Å². The molecular weight excluding hydrogens is 437 g/mol. The summed E-state index contributed by atoms with van der Waals surface area (Å²) < 4.78 is 0. The van der Waals surface area contributed by atoms with Crippen molar-refractivity contribution in [2.45, 2.75) is 0 Å². The van der Waals surface area contributed by atoms with Crippen LogP contribution in [-0.2, 0) is 67.4 Å². The monoisotopic (exact) mass is 437 g/mol. The van der Waals surface area contributed by atoms with E-state index in [-0.39, 0.29) is 93.6 Å². The van der Waals surface area contributed by atoms with Crippen LogP contribution in [0.1, 0.15) is 0 Å². The summed E-state index contributed by atoms with van der Waals surface area (Å²) in [5.41, 5.74) is 0.